The smallest absolute Gasteiger partial charge is 0.408 e. The molecule has 0 spiro atoms. The van der Waals surface area contributed by atoms with Crippen molar-refractivity contribution in [3.05, 3.63) is 0 Å². The van der Waals surface area contributed by atoms with Gasteiger partial charge in [-0.05, 0) is 51.5 Å². The fourth-order valence-corrected chi connectivity index (χ4v) is 2.57. The first-order chi connectivity index (χ1) is 7.74. The number of nitrogens with zero attached hydrogens (tertiary/aromatic N) is 1. The summed E-state index contributed by atoms with van der Waals surface area (Å²) in [6, 6.07) is 0. The van der Waals surface area contributed by atoms with Crippen molar-refractivity contribution < 1.29 is 9.53 Å². The van der Waals surface area contributed by atoms with Crippen LogP contribution in [0.15, 0.2) is 0 Å². The van der Waals surface area contributed by atoms with Crippen molar-refractivity contribution in [3.8, 4) is 0 Å². The number of rotatable bonds is 2. The highest BCUT2D eigenvalue weighted by atomic mass is 33.1. The maximum Gasteiger partial charge on any atom is 0.408 e. The summed E-state index contributed by atoms with van der Waals surface area (Å²) >= 11 is 4.18. The van der Waals surface area contributed by atoms with E-state index in [-0.39, 0.29) is 11.6 Å². The fourth-order valence-electron chi connectivity index (χ4n) is 1.74. The molecule has 17 heavy (non-hydrogen) atoms. The van der Waals surface area contributed by atoms with Crippen LogP contribution in [0.3, 0.4) is 0 Å². The van der Waals surface area contributed by atoms with Gasteiger partial charge in [0.15, 0.2) is 0 Å². The van der Waals surface area contributed by atoms with Crippen LogP contribution >= 0.6 is 22.6 Å². The van der Waals surface area contributed by atoms with E-state index in [1.807, 2.05) is 20.8 Å². The van der Waals surface area contributed by atoms with Crippen molar-refractivity contribution in [2.75, 3.05) is 13.1 Å². The van der Waals surface area contributed by atoms with Crippen LogP contribution in [0.1, 0.15) is 40.5 Å². The standard InChI is InChI=1S/C11H22N2O2S2/c1-10(2,3)15-9(14)12-11(4)5-7-13(17-16)8-6-11/h16H,5-8H2,1-4H3,(H,12,14). The summed E-state index contributed by atoms with van der Waals surface area (Å²) in [5.41, 5.74) is -0.607. The molecule has 1 fully saturated rings. The van der Waals surface area contributed by atoms with Gasteiger partial charge in [-0.3, -0.25) is 0 Å². The summed E-state index contributed by atoms with van der Waals surface area (Å²) in [6.07, 6.45) is 1.51. The number of hydrogen-bond acceptors (Lipinski definition) is 5. The van der Waals surface area contributed by atoms with Gasteiger partial charge in [0.2, 0.25) is 0 Å². The number of thiol groups is 1. The predicted molar refractivity (Wildman–Crippen MR) is 75.2 cm³/mol. The van der Waals surface area contributed by atoms with Crippen molar-refractivity contribution >= 4 is 28.7 Å². The molecule has 0 saturated carbocycles. The minimum absolute atomic E-state index is 0.164. The Balaban J connectivity index is 2.43. The molecule has 100 valence electrons. The largest absolute Gasteiger partial charge is 0.444 e. The summed E-state index contributed by atoms with van der Waals surface area (Å²) in [5, 5.41) is 2.97. The minimum Gasteiger partial charge on any atom is -0.444 e. The van der Waals surface area contributed by atoms with E-state index in [0.29, 0.717) is 0 Å². The Labute approximate surface area is 113 Å². The zero-order valence-electron chi connectivity index (χ0n) is 10.9. The van der Waals surface area contributed by atoms with Crippen LogP contribution in [0.25, 0.3) is 0 Å². The van der Waals surface area contributed by atoms with Gasteiger partial charge in [0, 0.05) is 18.6 Å². The van der Waals surface area contributed by atoms with E-state index < -0.39 is 5.60 Å². The lowest BCUT2D eigenvalue weighted by Gasteiger charge is -2.38. The third-order valence-corrected chi connectivity index (χ3v) is 4.03. The van der Waals surface area contributed by atoms with E-state index in [9.17, 15) is 4.79 Å². The molecule has 6 heteroatoms. The Morgan fingerprint density at radius 1 is 1.41 bits per heavy atom. The monoisotopic (exact) mass is 278 g/mol. The molecule has 0 atom stereocenters. The quantitative estimate of drug-likeness (QED) is 0.463. The second-order valence-corrected chi connectivity index (χ2v) is 6.87. The van der Waals surface area contributed by atoms with Gasteiger partial charge in [0.05, 0.1) is 0 Å². The van der Waals surface area contributed by atoms with Crippen LogP contribution in [0.5, 0.6) is 0 Å². The molecule has 0 aromatic rings. The van der Waals surface area contributed by atoms with Crippen molar-refractivity contribution in [1.82, 2.24) is 9.62 Å². The molecule has 0 radical (unpaired) electrons. The van der Waals surface area contributed by atoms with E-state index in [2.05, 4.69) is 28.2 Å². The topological polar surface area (TPSA) is 41.6 Å². The highest BCUT2D eigenvalue weighted by molar-refractivity contribution is 8.67. The van der Waals surface area contributed by atoms with Gasteiger partial charge in [-0.1, -0.05) is 11.7 Å². The maximum atomic E-state index is 11.7. The van der Waals surface area contributed by atoms with Gasteiger partial charge >= 0.3 is 6.09 Å². The summed E-state index contributed by atoms with van der Waals surface area (Å²) in [7, 11) is 1.46. The number of ether oxygens (including phenoxy) is 1. The number of carbonyl (C=O) groups is 1. The lowest BCUT2D eigenvalue weighted by atomic mass is 9.91. The molecule has 1 rings (SSSR count). The first-order valence-electron chi connectivity index (χ1n) is 5.82. The van der Waals surface area contributed by atoms with Crippen LogP contribution in [0.4, 0.5) is 4.79 Å². The Hall–Kier alpha value is -0.0700. The SMILES string of the molecule is CC1(NC(=O)OC(C)(C)C)CCN(SS)CC1. The van der Waals surface area contributed by atoms with Gasteiger partial charge < -0.3 is 10.1 Å². The van der Waals surface area contributed by atoms with E-state index >= 15 is 0 Å². The molecule has 1 heterocycles. The third-order valence-electron chi connectivity index (χ3n) is 2.74. The van der Waals surface area contributed by atoms with Gasteiger partial charge in [0.1, 0.15) is 5.60 Å². The normalized spacial score (nSPS) is 21.0. The molecule has 4 nitrogen and oxygen atoms in total. The number of carbonyl (C=O) groups excluding carboxylic acids is 1. The van der Waals surface area contributed by atoms with Crippen LogP contribution in [0.2, 0.25) is 0 Å². The molecule has 0 bridgehead atoms. The number of alkyl carbamates (subject to hydrolysis) is 1. The second-order valence-electron chi connectivity index (χ2n) is 5.70. The Morgan fingerprint density at radius 2 is 1.94 bits per heavy atom. The van der Waals surface area contributed by atoms with Gasteiger partial charge in [-0.25, -0.2) is 9.10 Å². The first kappa shape index (κ1) is 15.0. The van der Waals surface area contributed by atoms with Crippen molar-refractivity contribution in [3.63, 3.8) is 0 Å². The summed E-state index contributed by atoms with van der Waals surface area (Å²) in [6.45, 7) is 9.54. The van der Waals surface area contributed by atoms with E-state index in [4.69, 9.17) is 4.74 Å². The molecule has 1 aliphatic rings. The van der Waals surface area contributed by atoms with Gasteiger partial charge in [-0.2, -0.15) is 0 Å². The average molecular weight is 278 g/mol. The van der Waals surface area contributed by atoms with Crippen LogP contribution < -0.4 is 5.32 Å². The molecule has 1 N–H and O–H groups in total. The highest BCUT2D eigenvalue weighted by Gasteiger charge is 2.32. The third kappa shape index (κ3) is 5.40. The minimum atomic E-state index is -0.442. The van der Waals surface area contributed by atoms with E-state index in [0.717, 1.165) is 25.9 Å². The molecular weight excluding hydrogens is 256 g/mol. The number of hydrogen-bond donors (Lipinski definition) is 2. The van der Waals surface area contributed by atoms with E-state index in [1.54, 1.807) is 0 Å². The summed E-state index contributed by atoms with van der Waals surface area (Å²) in [4.78, 5) is 11.7. The van der Waals surface area contributed by atoms with Gasteiger partial charge in [0.25, 0.3) is 0 Å². The van der Waals surface area contributed by atoms with Crippen molar-refractivity contribution in [2.45, 2.75) is 51.7 Å². The number of nitrogens with one attached hydrogen (secondary N) is 1. The summed E-state index contributed by atoms with van der Waals surface area (Å²) < 4.78 is 7.46. The predicted octanol–water partition coefficient (Wildman–Crippen LogP) is 2.86. The molecule has 1 aliphatic heterocycles. The molecule has 1 amide bonds. The van der Waals surface area contributed by atoms with E-state index in [1.165, 1.54) is 11.0 Å². The number of amides is 1. The molecule has 0 aromatic carbocycles. The molecule has 0 aromatic heterocycles. The fraction of sp³-hybridized carbons (Fsp3) is 0.909. The maximum absolute atomic E-state index is 11.7. The zero-order valence-corrected chi connectivity index (χ0v) is 12.7. The molecule has 1 saturated heterocycles. The number of piperidine rings is 1. The Bertz CT molecular complexity index is 271. The Kier molecular flexibility index (Phi) is 5.04. The molecular formula is C11H22N2O2S2. The highest BCUT2D eigenvalue weighted by Crippen LogP contribution is 2.27. The zero-order chi connectivity index (χ0) is 13.1. The average Bonchev–Trinajstić information content (AvgIpc) is 2.15. The van der Waals surface area contributed by atoms with Crippen molar-refractivity contribution in [2.24, 2.45) is 0 Å². The Morgan fingerprint density at radius 3 is 2.35 bits per heavy atom. The molecule has 0 aliphatic carbocycles. The lowest BCUT2D eigenvalue weighted by molar-refractivity contribution is 0.0432. The van der Waals surface area contributed by atoms with Gasteiger partial charge in [-0.15, -0.1) is 0 Å². The van der Waals surface area contributed by atoms with Crippen LogP contribution in [0, 0.1) is 0 Å². The van der Waals surface area contributed by atoms with Crippen LogP contribution in [-0.2, 0) is 4.74 Å². The second kappa shape index (κ2) is 5.71. The molecule has 0 unspecified atom stereocenters. The first-order valence-corrected chi connectivity index (χ1v) is 7.64. The van der Waals surface area contributed by atoms with Crippen molar-refractivity contribution in [1.29, 1.82) is 0 Å². The van der Waals surface area contributed by atoms with Crippen LogP contribution in [-0.4, -0.2) is 34.6 Å². The summed E-state index contributed by atoms with van der Waals surface area (Å²) in [5.74, 6) is 0. The lowest BCUT2D eigenvalue weighted by Crippen LogP contribution is -2.53.